The number of rotatable bonds is 3. The van der Waals surface area contributed by atoms with E-state index in [0.29, 0.717) is 0 Å². The molecule has 0 spiro atoms. The maximum atomic E-state index is 11.8. The Balaban J connectivity index is 2.47. The summed E-state index contributed by atoms with van der Waals surface area (Å²) in [6.45, 7) is 0. The molecule has 0 aromatic heterocycles. The highest BCUT2D eigenvalue weighted by atomic mass is 32.2. The number of nitrogens with zero attached hydrogens (tertiary/aromatic N) is 1. The standard InChI is InChI=1S/C13H18N2O4S/c14-13(16)15(10-6-2-1-3-7-10)11-8-4-5-9-12(11)20(17,18)19/h4-5,8-10H,1-3,6-7H2,(H2,14,16)(H,17,18,19). The fourth-order valence-corrected chi connectivity index (χ4v) is 3.39. The largest absolute Gasteiger partial charge is 0.351 e. The minimum atomic E-state index is -4.40. The number of hydrogen-bond acceptors (Lipinski definition) is 3. The SMILES string of the molecule is NC(=O)N(c1ccccc1S(=O)(=O)O)C1CCCCC1. The van der Waals surface area contributed by atoms with Gasteiger partial charge < -0.3 is 5.73 Å². The van der Waals surface area contributed by atoms with E-state index < -0.39 is 16.1 Å². The molecule has 0 saturated heterocycles. The van der Waals surface area contributed by atoms with Crippen molar-refractivity contribution in [2.24, 2.45) is 5.73 Å². The molecule has 0 radical (unpaired) electrons. The van der Waals surface area contributed by atoms with E-state index in [-0.39, 0.29) is 16.6 Å². The molecule has 7 heteroatoms. The van der Waals surface area contributed by atoms with E-state index >= 15 is 0 Å². The van der Waals surface area contributed by atoms with Gasteiger partial charge >= 0.3 is 6.03 Å². The fourth-order valence-electron chi connectivity index (χ4n) is 2.71. The maximum Gasteiger partial charge on any atom is 0.319 e. The Bertz CT molecular complexity index is 594. The molecule has 1 fully saturated rings. The van der Waals surface area contributed by atoms with E-state index in [9.17, 15) is 17.8 Å². The van der Waals surface area contributed by atoms with Crippen molar-refractivity contribution in [3.63, 3.8) is 0 Å². The summed E-state index contributed by atoms with van der Waals surface area (Å²) in [6.07, 6.45) is 4.61. The van der Waals surface area contributed by atoms with Crippen LogP contribution in [0.25, 0.3) is 0 Å². The van der Waals surface area contributed by atoms with Gasteiger partial charge in [-0.25, -0.2) is 4.79 Å². The number of carbonyl (C=O) groups is 1. The van der Waals surface area contributed by atoms with E-state index in [4.69, 9.17) is 5.73 Å². The average molecular weight is 298 g/mol. The summed E-state index contributed by atoms with van der Waals surface area (Å²) in [6, 6.07) is 5.04. The number of amides is 2. The highest BCUT2D eigenvalue weighted by molar-refractivity contribution is 7.86. The van der Waals surface area contributed by atoms with E-state index in [2.05, 4.69) is 0 Å². The van der Waals surface area contributed by atoms with Gasteiger partial charge in [0.05, 0.1) is 5.69 Å². The van der Waals surface area contributed by atoms with Crippen molar-refractivity contribution in [2.45, 2.75) is 43.0 Å². The second kappa shape index (κ2) is 5.80. The van der Waals surface area contributed by atoms with Crippen LogP contribution in [0.15, 0.2) is 29.2 Å². The number of anilines is 1. The molecule has 0 heterocycles. The Kier molecular flexibility index (Phi) is 4.29. The van der Waals surface area contributed by atoms with Crippen molar-refractivity contribution in [3.05, 3.63) is 24.3 Å². The minimum Gasteiger partial charge on any atom is -0.351 e. The molecule has 0 bridgehead atoms. The third-order valence-electron chi connectivity index (χ3n) is 3.58. The number of para-hydroxylation sites is 1. The fraction of sp³-hybridized carbons (Fsp3) is 0.462. The van der Waals surface area contributed by atoms with Crippen LogP contribution < -0.4 is 10.6 Å². The number of hydrogen-bond donors (Lipinski definition) is 2. The van der Waals surface area contributed by atoms with Gasteiger partial charge in [0, 0.05) is 6.04 Å². The molecule has 0 atom stereocenters. The third kappa shape index (κ3) is 3.10. The first kappa shape index (κ1) is 14.8. The first-order valence-corrected chi connectivity index (χ1v) is 8.00. The van der Waals surface area contributed by atoms with Crippen LogP contribution in [-0.4, -0.2) is 25.0 Å². The molecule has 2 amide bonds. The minimum absolute atomic E-state index is 0.121. The van der Waals surface area contributed by atoms with Crippen molar-refractivity contribution < 1.29 is 17.8 Å². The van der Waals surface area contributed by atoms with Gasteiger partial charge in [-0.3, -0.25) is 9.45 Å². The lowest BCUT2D eigenvalue weighted by Crippen LogP contribution is -2.45. The van der Waals surface area contributed by atoms with Crippen molar-refractivity contribution in [1.29, 1.82) is 0 Å². The van der Waals surface area contributed by atoms with E-state index in [1.807, 2.05) is 0 Å². The van der Waals surface area contributed by atoms with Crippen LogP contribution in [0.2, 0.25) is 0 Å². The zero-order chi connectivity index (χ0) is 14.8. The molecule has 1 aromatic rings. The van der Waals surface area contributed by atoms with E-state index in [0.717, 1.165) is 32.1 Å². The summed E-state index contributed by atoms with van der Waals surface area (Å²) < 4.78 is 32.2. The smallest absolute Gasteiger partial charge is 0.319 e. The zero-order valence-electron chi connectivity index (χ0n) is 11.0. The molecular formula is C13H18N2O4S. The van der Waals surface area contributed by atoms with Crippen molar-refractivity contribution in [3.8, 4) is 0 Å². The Morgan fingerprint density at radius 1 is 1.20 bits per heavy atom. The number of nitrogens with two attached hydrogens (primary N) is 1. The van der Waals surface area contributed by atoms with E-state index in [1.165, 1.54) is 23.1 Å². The highest BCUT2D eigenvalue weighted by Gasteiger charge is 2.29. The van der Waals surface area contributed by atoms with Crippen molar-refractivity contribution in [2.75, 3.05) is 4.90 Å². The molecule has 110 valence electrons. The molecule has 2 rings (SSSR count). The maximum absolute atomic E-state index is 11.8. The normalized spacial score (nSPS) is 16.9. The number of carbonyl (C=O) groups excluding carboxylic acids is 1. The summed E-state index contributed by atoms with van der Waals surface area (Å²) in [5.41, 5.74) is 5.57. The van der Waals surface area contributed by atoms with Crippen molar-refractivity contribution >= 4 is 21.8 Å². The van der Waals surface area contributed by atoms with Gasteiger partial charge in [-0.2, -0.15) is 8.42 Å². The van der Waals surface area contributed by atoms with Crippen LogP contribution in [0.1, 0.15) is 32.1 Å². The van der Waals surface area contributed by atoms with Gasteiger partial charge in [0.15, 0.2) is 0 Å². The molecule has 1 saturated carbocycles. The highest BCUT2D eigenvalue weighted by Crippen LogP contribution is 2.31. The third-order valence-corrected chi connectivity index (χ3v) is 4.48. The predicted octanol–water partition coefficient (Wildman–Crippen LogP) is 2.15. The van der Waals surface area contributed by atoms with Crippen LogP contribution >= 0.6 is 0 Å². The second-order valence-corrected chi connectivity index (χ2v) is 6.33. The molecule has 20 heavy (non-hydrogen) atoms. The summed E-state index contributed by atoms with van der Waals surface area (Å²) in [4.78, 5) is 12.8. The van der Waals surface area contributed by atoms with Crippen molar-refractivity contribution in [1.82, 2.24) is 0 Å². The van der Waals surface area contributed by atoms with Crippen LogP contribution in [0.5, 0.6) is 0 Å². The Morgan fingerprint density at radius 2 is 1.80 bits per heavy atom. The van der Waals surface area contributed by atoms with Gasteiger partial charge in [0.25, 0.3) is 10.1 Å². The number of primary amides is 1. The molecule has 3 N–H and O–H groups in total. The molecule has 1 aliphatic carbocycles. The quantitative estimate of drug-likeness (QED) is 0.835. The molecule has 0 aliphatic heterocycles. The lowest BCUT2D eigenvalue weighted by atomic mass is 9.94. The van der Waals surface area contributed by atoms with Crippen LogP contribution in [0.3, 0.4) is 0 Å². The van der Waals surface area contributed by atoms with Crippen LogP contribution in [0, 0.1) is 0 Å². The Hall–Kier alpha value is -1.60. The molecule has 6 nitrogen and oxygen atoms in total. The summed E-state index contributed by atoms with van der Waals surface area (Å²) >= 11 is 0. The number of urea groups is 1. The van der Waals surface area contributed by atoms with Gasteiger partial charge in [0.2, 0.25) is 0 Å². The number of benzene rings is 1. The average Bonchev–Trinajstić information content (AvgIpc) is 2.39. The van der Waals surface area contributed by atoms with Gasteiger partial charge in [-0.1, -0.05) is 31.4 Å². The van der Waals surface area contributed by atoms with Gasteiger partial charge in [0.1, 0.15) is 4.90 Å². The lowest BCUT2D eigenvalue weighted by Gasteiger charge is -2.33. The summed E-state index contributed by atoms with van der Waals surface area (Å²) in [5.74, 6) is 0. The first-order valence-electron chi connectivity index (χ1n) is 6.56. The predicted molar refractivity (Wildman–Crippen MR) is 75.2 cm³/mol. The first-order chi connectivity index (χ1) is 9.41. The molecule has 1 aliphatic rings. The topological polar surface area (TPSA) is 101 Å². The van der Waals surface area contributed by atoms with Crippen LogP contribution in [0.4, 0.5) is 10.5 Å². The van der Waals surface area contributed by atoms with Crippen LogP contribution in [-0.2, 0) is 10.1 Å². The Labute approximate surface area is 118 Å². The van der Waals surface area contributed by atoms with Gasteiger partial charge in [-0.15, -0.1) is 0 Å². The van der Waals surface area contributed by atoms with Gasteiger partial charge in [-0.05, 0) is 25.0 Å². The summed E-state index contributed by atoms with van der Waals surface area (Å²) in [7, 11) is -4.40. The lowest BCUT2D eigenvalue weighted by molar-refractivity contribution is 0.249. The van der Waals surface area contributed by atoms with E-state index in [1.54, 1.807) is 6.07 Å². The zero-order valence-corrected chi connectivity index (χ0v) is 11.8. The molecule has 1 aromatic carbocycles. The summed E-state index contributed by atoms with van der Waals surface area (Å²) in [5, 5.41) is 0. The molecule has 0 unspecified atom stereocenters. The Morgan fingerprint density at radius 3 is 2.35 bits per heavy atom. The molecular weight excluding hydrogens is 280 g/mol. The monoisotopic (exact) mass is 298 g/mol. The second-order valence-electron chi connectivity index (χ2n) is 4.94.